The third-order valence-electron chi connectivity index (χ3n) is 2.57. The second-order valence-electron chi connectivity index (χ2n) is 4.02. The maximum absolute atomic E-state index is 12.3. The van der Waals surface area contributed by atoms with Crippen LogP contribution >= 0.6 is 23.2 Å². The van der Waals surface area contributed by atoms with E-state index < -0.39 is 10.0 Å². The molecule has 106 valence electrons. The van der Waals surface area contributed by atoms with Crippen LogP contribution in [0.15, 0.2) is 47.4 Å². The van der Waals surface area contributed by atoms with E-state index in [4.69, 9.17) is 28.3 Å². The molecule has 7 heteroatoms. The number of nitrogens with one attached hydrogen (secondary N) is 1. The zero-order valence-corrected chi connectivity index (χ0v) is 12.5. The summed E-state index contributed by atoms with van der Waals surface area (Å²) in [6.07, 6.45) is 0. The molecule has 2 aromatic carbocycles. The van der Waals surface area contributed by atoms with Crippen LogP contribution in [0.5, 0.6) is 0 Å². The lowest BCUT2D eigenvalue weighted by atomic mass is 10.2. The number of aliphatic hydroxyl groups is 1. The number of hydrogen-bond donors (Lipinski definition) is 2. The number of rotatable bonds is 4. The molecule has 0 amide bonds. The molecule has 20 heavy (non-hydrogen) atoms. The van der Waals surface area contributed by atoms with Crippen molar-refractivity contribution in [3.8, 4) is 0 Å². The van der Waals surface area contributed by atoms with E-state index in [-0.39, 0.29) is 21.5 Å². The Morgan fingerprint density at radius 3 is 2.50 bits per heavy atom. The van der Waals surface area contributed by atoms with Crippen LogP contribution in [0.4, 0.5) is 5.69 Å². The Kier molecular flexibility index (Phi) is 4.55. The first-order valence-electron chi connectivity index (χ1n) is 5.60. The second kappa shape index (κ2) is 6.01. The first kappa shape index (κ1) is 15.1. The van der Waals surface area contributed by atoms with Crippen molar-refractivity contribution in [3.63, 3.8) is 0 Å². The number of aliphatic hydroxyl groups excluding tert-OH is 1. The van der Waals surface area contributed by atoms with Crippen molar-refractivity contribution in [2.75, 3.05) is 4.72 Å². The average molecular weight is 332 g/mol. The minimum absolute atomic E-state index is 0.0278. The highest BCUT2D eigenvalue weighted by Crippen LogP contribution is 2.30. The van der Waals surface area contributed by atoms with Crippen molar-refractivity contribution in [2.45, 2.75) is 11.5 Å². The van der Waals surface area contributed by atoms with Crippen molar-refractivity contribution >= 4 is 38.9 Å². The first-order valence-corrected chi connectivity index (χ1v) is 7.84. The van der Waals surface area contributed by atoms with E-state index in [1.165, 1.54) is 24.3 Å². The Labute approximate surface area is 127 Å². The lowest BCUT2D eigenvalue weighted by Crippen LogP contribution is -2.13. The van der Waals surface area contributed by atoms with Gasteiger partial charge >= 0.3 is 0 Å². The van der Waals surface area contributed by atoms with Gasteiger partial charge in [0.2, 0.25) is 0 Å². The highest BCUT2D eigenvalue weighted by molar-refractivity contribution is 7.92. The van der Waals surface area contributed by atoms with Crippen LogP contribution in [-0.2, 0) is 16.6 Å². The molecular formula is C13H11Cl2NO3S. The predicted molar refractivity (Wildman–Crippen MR) is 79.6 cm³/mol. The van der Waals surface area contributed by atoms with Crippen LogP contribution in [0.2, 0.25) is 10.0 Å². The highest BCUT2D eigenvalue weighted by atomic mass is 35.5. The Bertz CT molecular complexity index is 732. The van der Waals surface area contributed by atoms with Crippen LogP contribution in [0.1, 0.15) is 5.56 Å². The number of hydrogen-bond acceptors (Lipinski definition) is 3. The van der Waals surface area contributed by atoms with E-state index in [0.717, 1.165) is 0 Å². The lowest BCUT2D eigenvalue weighted by molar-refractivity contribution is 0.282. The fourth-order valence-electron chi connectivity index (χ4n) is 1.63. The summed E-state index contributed by atoms with van der Waals surface area (Å²) in [4.78, 5) is -0.0962. The van der Waals surface area contributed by atoms with Crippen molar-refractivity contribution in [3.05, 3.63) is 58.1 Å². The third-order valence-corrected chi connectivity index (χ3v) is 4.92. The highest BCUT2D eigenvalue weighted by Gasteiger charge is 2.19. The predicted octanol–water partition coefficient (Wildman–Crippen LogP) is 3.29. The SMILES string of the molecule is O=S(=O)(Nc1cccc(CO)c1)c1cccc(Cl)c1Cl. The number of benzene rings is 2. The molecule has 0 saturated heterocycles. The van der Waals surface area contributed by atoms with Gasteiger partial charge in [-0.25, -0.2) is 8.42 Å². The molecule has 2 N–H and O–H groups in total. The first-order chi connectivity index (χ1) is 9.44. The maximum Gasteiger partial charge on any atom is 0.263 e. The topological polar surface area (TPSA) is 66.4 Å². The molecule has 4 nitrogen and oxygen atoms in total. The molecule has 0 heterocycles. The molecule has 0 aliphatic rings. The Morgan fingerprint density at radius 2 is 1.80 bits per heavy atom. The summed E-state index contributed by atoms with van der Waals surface area (Å²) in [5.74, 6) is 0. The van der Waals surface area contributed by atoms with Crippen LogP contribution in [-0.4, -0.2) is 13.5 Å². The van der Waals surface area contributed by atoms with E-state index >= 15 is 0 Å². The van der Waals surface area contributed by atoms with Crippen molar-refractivity contribution in [1.29, 1.82) is 0 Å². The Morgan fingerprint density at radius 1 is 1.10 bits per heavy atom. The molecule has 0 aliphatic carbocycles. The van der Waals surface area contributed by atoms with Gasteiger partial charge < -0.3 is 5.11 Å². The normalized spacial score (nSPS) is 11.3. The molecule has 0 unspecified atom stereocenters. The Balaban J connectivity index is 2.38. The van der Waals surface area contributed by atoms with Crippen molar-refractivity contribution in [2.24, 2.45) is 0 Å². The molecule has 0 bridgehead atoms. The van der Waals surface area contributed by atoms with Gasteiger partial charge in [-0.1, -0.05) is 41.4 Å². The van der Waals surface area contributed by atoms with Gasteiger partial charge in [-0.2, -0.15) is 0 Å². The van der Waals surface area contributed by atoms with Gasteiger partial charge in [-0.3, -0.25) is 4.72 Å². The quantitative estimate of drug-likeness (QED) is 0.903. The van der Waals surface area contributed by atoms with Gasteiger partial charge in [0.05, 0.1) is 16.7 Å². The van der Waals surface area contributed by atoms with Gasteiger partial charge in [0, 0.05) is 5.69 Å². The summed E-state index contributed by atoms with van der Waals surface area (Å²) in [6.45, 7) is -0.173. The third kappa shape index (κ3) is 3.24. The minimum atomic E-state index is -3.84. The monoisotopic (exact) mass is 331 g/mol. The number of anilines is 1. The Hall–Kier alpha value is -1.27. The molecule has 0 atom stereocenters. The smallest absolute Gasteiger partial charge is 0.263 e. The standard InChI is InChI=1S/C13H11Cl2NO3S/c14-11-5-2-6-12(13(11)15)20(18,19)16-10-4-1-3-9(7-10)8-17/h1-7,16-17H,8H2. The van der Waals surface area contributed by atoms with E-state index in [9.17, 15) is 8.42 Å². The second-order valence-corrected chi connectivity index (χ2v) is 6.45. The summed E-state index contributed by atoms with van der Waals surface area (Å²) in [5, 5.41) is 9.18. The molecule has 0 aromatic heterocycles. The molecule has 0 radical (unpaired) electrons. The van der Waals surface area contributed by atoms with E-state index in [2.05, 4.69) is 4.72 Å². The fourth-order valence-corrected chi connectivity index (χ4v) is 3.45. The zero-order chi connectivity index (χ0) is 14.8. The van der Waals surface area contributed by atoms with Crippen LogP contribution in [0, 0.1) is 0 Å². The average Bonchev–Trinajstić information content (AvgIpc) is 2.41. The van der Waals surface area contributed by atoms with Gasteiger partial charge in [0.15, 0.2) is 0 Å². The van der Waals surface area contributed by atoms with Crippen molar-refractivity contribution < 1.29 is 13.5 Å². The largest absolute Gasteiger partial charge is 0.392 e. The minimum Gasteiger partial charge on any atom is -0.392 e. The summed E-state index contributed by atoms with van der Waals surface area (Å²) in [6, 6.07) is 10.8. The molecule has 0 saturated carbocycles. The lowest BCUT2D eigenvalue weighted by Gasteiger charge is -2.10. The molecule has 0 fully saturated rings. The zero-order valence-electron chi connectivity index (χ0n) is 10.2. The summed E-state index contributed by atoms with van der Waals surface area (Å²) >= 11 is 11.7. The molecule has 0 aliphatic heterocycles. The van der Waals surface area contributed by atoms with Crippen molar-refractivity contribution in [1.82, 2.24) is 0 Å². The van der Waals surface area contributed by atoms with Crippen LogP contribution in [0.25, 0.3) is 0 Å². The van der Waals surface area contributed by atoms with Gasteiger partial charge in [0.1, 0.15) is 4.90 Å². The van der Waals surface area contributed by atoms with Gasteiger partial charge in [-0.05, 0) is 29.8 Å². The van der Waals surface area contributed by atoms with Gasteiger partial charge in [0.25, 0.3) is 10.0 Å². The summed E-state index contributed by atoms with van der Waals surface area (Å²) < 4.78 is 26.9. The summed E-state index contributed by atoms with van der Waals surface area (Å²) in [7, 11) is -3.84. The number of sulfonamides is 1. The van der Waals surface area contributed by atoms with E-state index in [1.54, 1.807) is 18.2 Å². The number of halogens is 2. The fraction of sp³-hybridized carbons (Fsp3) is 0.0769. The molecule has 0 spiro atoms. The molecule has 2 aromatic rings. The molecule has 2 rings (SSSR count). The molecular weight excluding hydrogens is 321 g/mol. The van der Waals surface area contributed by atoms with Gasteiger partial charge in [-0.15, -0.1) is 0 Å². The maximum atomic E-state index is 12.3. The summed E-state index contributed by atoms with van der Waals surface area (Å²) in [5.41, 5.74) is 0.940. The van der Waals surface area contributed by atoms with Crippen LogP contribution < -0.4 is 4.72 Å². The van der Waals surface area contributed by atoms with E-state index in [1.807, 2.05) is 0 Å². The van der Waals surface area contributed by atoms with Crippen LogP contribution in [0.3, 0.4) is 0 Å². The van der Waals surface area contributed by atoms with E-state index in [0.29, 0.717) is 11.3 Å².